The van der Waals surface area contributed by atoms with Gasteiger partial charge in [0.05, 0.1) is 6.04 Å². The van der Waals surface area contributed by atoms with Crippen molar-refractivity contribution in [1.82, 2.24) is 14.7 Å². The highest BCUT2D eigenvalue weighted by atomic mass is 16.2. The number of likely N-dealkylation sites (N-methyl/N-ethyl adjacent to an activating group) is 1. The van der Waals surface area contributed by atoms with Crippen molar-refractivity contribution in [3.05, 3.63) is 105 Å². The molecule has 2 heterocycles. The molecule has 5 rings (SSSR count). The van der Waals surface area contributed by atoms with Crippen LogP contribution in [0, 0.1) is 41.5 Å². The summed E-state index contributed by atoms with van der Waals surface area (Å²) in [7, 11) is 2.12. The monoisotopic (exact) mass is 508 g/mol. The summed E-state index contributed by atoms with van der Waals surface area (Å²) in [5, 5.41) is 0. The fourth-order valence-corrected chi connectivity index (χ4v) is 5.92. The number of amidine groups is 1. The van der Waals surface area contributed by atoms with E-state index in [0.29, 0.717) is 0 Å². The molecule has 1 saturated heterocycles. The lowest BCUT2D eigenvalue weighted by atomic mass is 9.88. The Hall–Kier alpha value is -3.44. The third-order valence-corrected chi connectivity index (χ3v) is 8.83. The van der Waals surface area contributed by atoms with E-state index in [1.807, 2.05) is 15.9 Å². The van der Waals surface area contributed by atoms with Gasteiger partial charge < -0.3 is 9.80 Å². The van der Waals surface area contributed by atoms with E-state index in [1.54, 1.807) is 0 Å². The Labute approximate surface area is 227 Å². The Balaban J connectivity index is 1.73. The van der Waals surface area contributed by atoms with Gasteiger partial charge in [-0.2, -0.15) is 0 Å². The van der Waals surface area contributed by atoms with Crippen LogP contribution < -0.4 is 0 Å². The van der Waals surface area contributed by atoms with Gasteiger partial charge in [-0.1, -0.05) is 60.2 Å². The maximum Gasteiger partial charge on any atom is 0.326 e. The number of aryl methyl sites for hydroxylation is 1. The van der Waals surface area contributed by atoms with Crippen LogP contribution in [0.3, 0.4) is 0 Å². The van der Waals surface area contributed by atoms with Gasteiger partial charge in [0.25, 0.3) is 0 Å². The summed E-state index contributed by atoms with van der Waals surface area (Å²) in [6, 6.07) is 18.7. The second-order valence-electron chi connectivity index (χ2n) is 11.1. The maximum absolute atomic E-state index is 14.5. The largest absolute Gasteiger partial charge is 0.326 e. The van der Waals surface area contributed by atoms with Gasteiger partial charge in [0.15, 0.2) is 0 Å². The van der Waals surface area contributed by atoms with Gasteiger partial charge in [0.1, 0.15) is 11.9 Å². The Morgan fingerprint density at radius 2 is 1.26 bits per heavy atom. The molecule has 0 aliphatic carbocycles. The minimum Gasteiger partial charge on any atom is -0.322 e. The maximum atomic E-state index is 14.5. The number of carbonyl (C=O) groups excluding carboxylic acids is 1. The summed E-state index contributed by atoms with van der Waals surface area (Å²) in [4.78, 5) is 26.3. The molecular formula is C33H40N4O. The van der Waals surface area contributed by atoms with Gasteiger partial charge in [-0.3, -0.25) is 9.89 Å². The summed E-state index contributed by atoms with van der Waals surface area (Å²) in [6.07, 6.45) is 0. The molecule has 0 radical (unpaired) electrons. The second kappa shape index (κ2) is 10.4. The summed E-state index contributed by atoms with van der Waals surface area (Å²) in [5.74, 6) is 0.801. The molecule has 3 aromatic rings. The lowest BCUT2D eigenvalue weighted by Crippen LogP contribution is -2.53. The van der Waals surface area contributed by atoms with E-state index in [1.165, 1.54) is 33.4 Å². The van der Waals surface area contributed by atoms with Gasteiger partial charge >= 0.3 is 6.03 Å². The van der Waals surface area contributed by atoms with E-state index in [4.69, 9.17) is 4.99 Å². The van der Waals surface area contributed by atoms with Gasteiger partial charge in [0, 0.05) is 31.7 Å². The van der Waals surface area contributed by atoms with Crippen molar-refractivity contribution in [3.8, 4) is 0 Å². The van der Waals surface area contributed by atoms with Gasteiger partial charge in [0.2, 0.25) is 0 Å². The van der Waals surface area contributed by atoms with Gasteiger partial charge in [-0.05, 0) is 87.5 Å². The quantitative estimate of drug-likeness (QED) is 0.408. The Kier molecular flexibility index (Phi) is 7.15. The zero-order chi connectivity index (χ0) is 27.1. The van der Waals surface area contributed by atoms with Gasteiger partial charge in [-0.25, -0.2) is 4.79 Å². The molecule has 5 nitrogen and oxygen atoms in total. The second-order valence-corrected chi connectivity index (χ2v) is 11.1. The van der Waals surface area contributed by atoms with Crippen LogP contribution in [0.25, 0.3) is 0 Å². The van der Waals surface area contributed by atoms with Crippen LogP contribution in [0.5, 0.6) is 0 Å². The van der Waals surface area contributed by atoms with Crippen LogP contribution in [-0.2, 0) is 0 Å². The van der Waals surface area contributed by atoms with Crippen molar-refractivity contribution < 1.29 is 4.79 Å². The van der Waals surface area contributed by atoms with Crippen molar-refractivity contribution in [3.63, 3.8) is 0 Å². The Morgan fingerprint density at radius 1 is 0.711 bits per heavy atom. The first-order valence-electron chi connectivity index (χ1n) is 13.7. The van der Waals surface area contributed by atoms with Crippen molar-refractivity contribution in [2.24, 2.45) is 4.99 Å². The number of rotatable bonds is 3. The highest BCUT2D eigenvalue weighted by Gasteiger charge is 2.45. The molecule has 3 aromatic carbocycles. The summed E-state index contributed by atoms with van der Waals surface area (Å²) in [5.41, 5.74) is 10.8. The molecule has 0 saturated carbocycles. The smallest absolute Gasteiger partial charge is 0.322 e. The molecule has 0 bridgehead atoms. The number of benzene rings is 3. The van der Waals surface area contributed by atoms with Crippen molar-refractivity contribution >= 4 is 11.9 Å². The first kappa shape index (κ1) is 26.2. The number of hydrogen-bond donors (Lipinski definition) is 0. The predicted molar refractivity (Wildman–Crippen MR) is 156 cm³/mol. The highest BCUT2D eigenvalue weighted by molar-refractivity contribution is 6.11. The van der Waals surface area contributed by atoms with E-state index >= 15 is 0 Å². The van der Waals surface area contributed by atoms with Crippen LogP contribution in [0.2, 0.25) is 0 Å². The average molecular weight is 509 g/mol. The molecule has 38 heavy (non-hydrogen) atoms. The first-order chi connectivity index (χ1) is 18.2. The van der Waals surface area contributed by atoms with Crippen LogP contribution in [-0.4, -0.2) is 59.8 Å². The van der Waals surface area contributed by atoms with E-state index in [2.05, 4.69) is 102 Å². The van der Waals surface area contributed by atoms with E-state index in [-0.39, 0.29) is 18.1 Å². The van der Waals surface area contributed by atoms with Crippen molar-refractivity contribution in [1.29, 1.82) is 0 Å². The lowest BCUT2D eigenvalue weighted by Gasteiger charge is -2.38. The molecule has 0 N–H and O–H groups in total. The topological polar surface area (TPSA) is 39.2 Å². The van der Waals surface area contributed by atoms with E-state index in [0.717, 1.165) is 48.7 Å². The first-order valence-corrected chi connectivity index (χ1v) is 13.7. The number of carbonyl (C=O) groups is 1. The van der Waals surface area contributed by atoms with Gasteiger partial charge in [-0.15, -0.1) is 0 Å². The number of piperazine rings is 1. The standard InChI is InChI=1S/C33H40N4O/c1-21-13-15-27(16-14-21)30-31(28-11-9-8-10-12-28)37(33(38)36-19-17-35(7)18-20-36)32(34-30)29-25(5)23(3)22(2)24(4)26(29)6/h8-16,30-31H,17-20H2,1-7H3/t30-,31+/m1/s1. The molecular weight excluding hydrogens is 468 g/mol. The van der Waals surface area contributed by atoms with Crippen LogP contribution in [0.15, 0.2) is 59.6 Å². The minimum absolute atomic E-state index is 0.0509. The normalized spacial score (nSPS) is 20.1. The lowest BCUT2D eigenvalue weighted by molar-refractivity contribution is 0.130. The van der Waals surface area contributed by atoms with Crippen LogP contribution in [0.1, 0.15) is 62.2 Å². The third kappa shape index (κ3) is 4.54. The average Bonchev–Trinajstić information content (AvgIpc) is 3.32. The summed E-state index contributed by atoms with van der Waals surface area (Å²) in [6.45, 7) is 16.2. The minimum atomic E-state index is -0.221. The Morgan fingerprint density at radius 3 is 1.84 bits per heavy atom. The number of hydrogen-bond acceptors (Lipinski definition) is 3. The van der Waals surface area contributed by atoms with E-state index in [9.17, 15) is 4.79 Å². The molecule has 2 amide bonds. The molecule has 5 heteroatoms. The fourth-order valence-electron chi connectivity index (χ4n) is 5.92. The summed E-state index contributed by atoms with van der Waals surface area (Å²) < 4.78 is 0. The Bertz CT molecular complexity index is 1340. The molecule has 0 unspecified atom stereocenters. The molecule has 0 spiro atoms. The highest BCUT2D eigenvalue weighted by Crippen LogP contribution is 2.45. The summed E-state index contributed by atoms with van der Waals surface area (Å²) >= 11 is 0. The van der Waals surface area contributed by atoms with Crippen molar-refractivity contribution in [2.75, 3.05) is 33.2 Å². The molecule has 2 atom stereocenters. The molecule has 198 valence electrons. The molecule has 2 aliphatic heterocycles. The van der Waals surface area contributed by atoms with E-state index < -0.39 is 0 Å². The fraction of sp³-hybridized carbons (Fsp3) is 0.394. The SMILES string of the molecule is Cc1ccc([C@H]2N=C(c3c(C)c(C)c(C)c(C)c3C)N(C(=O)N3CCN(C)CC3)[C@H]2c2ccccc2)cc1. The number of amides is 2. The number of urea groups is 1. The predicted octanol–water partition coefficient (Wildman–Crippen LogP) is 6.45. The molecule has 0 aromatic heterocycles. The zero-order valence-corrected chi connectivity index (χ0v) is 23.9. The van der Waals surface area contributed by atoms with Crippen LogP contribution in [0.4, 0.5) is 4.79 Å². The third-order valence-electron chi connectivity index (χ3n) is 8.83. The number of aliphatic imine (C=N–C) groups is 1. The molecule has 1 fully saturated rings. The number of nitrogens with zero attached hydrogens (tertiary/aromatic N) is 4. The van der Waals surface area contributed by atoms with Crippen molar-refractivity contribution in [2.45, 2.75) is 53.6 Å². The van der Waals surface area contributed by atoms with Crippen LogP contribution >= 0.6 is 0 Å². The molecule has 2 aliphatic rings. The zero-order valence-electron chi connectivity index (χ0n) is 23.9.